The van der Waals surface area contributed by atoms with Gasteiger partial charge in [-0.15, -0.1) is 0 Å². The van der Waals surface area contributed by atoms with Gasteiger partial charge >= 0.3 is 0 Å². The summed E-state index contributed by atoms with van der Waals surface area (Å²) < 4.78 is 0. The minimum atomic E-state index is 0.824. The van der Waals surface area contributed by atoms with E-state index >= 15 is 0 Å². The van der Waals surface area contributed by atoms with Crippen molar-refractivity contribution in [3.63, 3.8) is 0 Å². The van der Waals surface area contributed by atoms with Crippen molar-refractivity contribution in [2.24, 2.45) is 0 Å². The van der Waals surface area contributed by atoms with Gasteiger partial charge in [0.2, 0.25) is 0 Å². The Morgan fingerprint density at radius 3 is 2.44 bits per heavy atom. The maximum absolute atomic E-state index is 5.79. The second kappa shape index (κ2) is 6.38. The molecular weight excluding hydrogens is 198 g/mol. The quantitative estimate of drug-likeness (QED) is 0.724. The van der Waals surface area contributed by atoms with E-state index in [2.05, 4.69) is 37.1 Å². The molecule has 0 saturated carbocycles. The van der Waals surface area contributed by atoms with Crippen molar-refractivity contribution in [1.29, 1.82) is 0 Å². The lowest BCUT2D eigenvalue weighted by Gasteiger charge is -2.18. The van der Waals surface area contributed by atoms with Crippen LogP contribution < -0.4 is 11.1 Å². The van der Waals surface area contributed by atoms with Crippen LogP contribution in [0.2, 0.25) is 0 Å². The molecule has 0 aliphatic heterocycles. The van der Waals surface area contributed by atoms with Gasteiger partial charge in [-0.2, -0.15) is 0 Å². The van der Waals surface area contributed by atoms with Crippen molar-refractivity contribution in [3.05, 3.63) is 23.8 Å². The number of nitrogens with one attached hydrogen (secondary N) is 1. The summed E-state index contributed by atoms with van der Waals surface area (Å²) in [5.74, 6) is 0. The molecule has 0 atom stereocenters. The lowest BCUT2D eigenvalue weighted by molar-refractivity contribution is 0.316. The molecule has 0 aliphatic carbocycles. The highest BCUT2D eigenvalue weighted by Crippen LogP contribution is 2.15. The normalized spacial score (nSPS) is 10.8. The van der Waals surface area contributed by atoms with Crippen molar-refractivity contribution in [1.82, 2.24) is 4.90 Å². The highest BCUT2D eigenvalue weighted by molar-refractivity contribution is 5.56. The highest BCUT2D eigenvalue weighted by Gasteiger charge is 1.99. The Bertz CT molecular complexity index is 299. The molecule has 0 fully saturated rings. The lowest BCUT2D eigenvalue weighted by atomic mass is 10.2. The predicted octanol–water partition coefficient (Wildman–Crippen LogP) is 2.33. The van der Waals surface area contributed by atoms with Gasteiger partial charge in [-0.05, 0) is 43.8 Å². The molecule has 0 radical (unpaired) electrons. The molecule has 3 heteroatoms. The van der Waals surface area contributed by atoms with Crippen LogP contribution in [-0.4, -0.2) is 31.1 Å². The number of hydrogen-bond acceptors (Lipinski definition) is 3. The van der Waals surface area contributed by atoms with Crippen molar-refractivity contribution >= 4 is 11.4 Å². The molecule has 0 unspecified atom stereocenters. The van der Waals surface area contributed by atoms with Gasteiger partial charge in [-0.3, -0.25) is 0 Å². The third-order valence-electron chi connectivity index (χ3n) is 2.75. The third kappa shape index (κ3) is 4.11. The van der Waals surface area contributed by atoms with Crippen LogP contribution in [-0.2, 0) is 0 Å². The number of nitrogens with two attached hydrogens (primary N) is 1. The van der Waals surface area contributed by atoms with Crippen molar-refractivity contribution in [2.75, 3.05) is 37.2 Å². The van der Waals surface area contributed by atoms with Crippen LogP contribution in [0.25, 0.3) is 0 Å². The number of rotatable bonds is 6. The first-order valence-electron chi connectivity index (χ1n) is 5.99. The van der Waals surface area contributed by atoms with Crippen LogP contribution in [0.4, 0.5) is 11.4 Å². The molecule has 90 valence electrons. The Balaban J connectivity index is 2.42. The summed E-state index contributed by atoms with van der Waals surface area (Å²) in [6.45, 7) is 10.7. The number of aryl methyl sites for hydroxylation is 1. The van der Waals surface area contributed by atoms with Gasteiger partial charge in [0.1, 0.15) is 0 Å². The first kappa shape index (κ1) is 12.8. The fraction of sp³-hybridized carbons (Fsp3) is 0.538. The Labute approximate surface area is 98.6 Å². The molecule has 1 aromatic rings. The molecule has 0 bridgehead atoms. The zero-order chi connectivity index (χ0) is 12.0. The van der Waals surface area contributed by atoms with Crippen molar-refractivity contribution in [2.45, 2.75) is 20.8 Å². The molecular formula is C13H23N3. The smallest absolute Gasteiger partial charge is 0.0363 e. The Hall–Kier alpha value is -1.22. The summed E-state index contributed by atoms with van der Waals surface area (Å²) in [5, 5.41) is 3.40. The van der Waals surface area contributed by atoms with Gasteiger partial charge in [0.25, 0.3) is 0 Å². The topological polar surface area (TPSA) is 41.3 Å². The molecule has 16 heavy (non-hydrogen) atoms. The van der Waals surface area contributed by atoms with Gasteiger partial charge in [-0.1, -0.05) is 13.8 Å². The summed E-state index contributed by atoms with van der Waals surface area (Å²) >= 11 is 0. The number of hydrogen-bond donors (Lipinski definition) is 2. The molecule has 0 spiro atoms. The van der Waals surface area contributed by atoms with Crippen LogP contribution in [0.1, 0.15) is 19.4 Å². The van der Waals surface area contributed by atoms with E-state index in [-0.39, 0.29) is 0 Å². The van der Waals surface area contributed by atoms with E-state index < -0.39 is 0 Å². The molecule has 3 nitrogen and oxygen atoms in total. The summed E-state index contributed by atoms with van der Waals surface area (Å²) in [4.78, 5) is 2.39. The lowest BCUT2D eigenvalue weighted by Crippen LogP contribution is -2.28. The fourth-order valence-corrected chi connectivity index (χ4v) is 1.81. The SMILES string of the molecule is CCN(CC)CCNc1cc(C)cc(N)c1. The van der Waals surface area contributed by atoms with Gasteiger partial charge in [0.05, 0.1) is 0 Å². The zero-order valence-corrected chi connectivity index (χ0v) is 10.6. The summed E-state index contributed by atoms with van der Waals surface area (Å²) in [5.41, 5.74) is 8.93. The van der Waals surface area contributed by atoms with Crippen LogP contribution in [0, 0.1) is 6.92 Å². The number of likely N-dealkylation sites (N-methyl/N-ethyl adjacent to an activating group) is 1. The molecule has 1 rings (SSSR count). The Morgan fingerprint density at radius 1 is 1.19 bits per heavy atom. The average Bonchev–Trinajstić information content (AvgIpc) is 2.23. The van der Waals surface area contributed by atoms with Crippen molar-refractivity contribution < 1.29 is 0 Å². The van der Waals surface area contributed by atoms with E-state index in [0.29, 0.717) is 0 Å². The monoisotopic (exact) mass is 221 g/mol. The molecule has 1 aromatic carbocycles. The molecule has 3 N–H and O–H groups in total. The molecule has 0 saturated heterocycles. The maximum Gasteiger partial charge on any atom is 0.0363 e. The Kier molecular flexibility index (Phi) is 5.12. The summed E-state index contributed by atoms with van der Waals surface area (Å²) in [6.07, 6.45) is 0. The van der Waals surface area contributed by atoms with Crippen LogP contribution >= 0.6 is 0 Å². The minimum absolute atomic E-state index is 0.824. The van der Waals surface area contributed by atoms with Crippen LogP contribution in [0.15, 0.2) is 18.2 Å². The summed E-state index contributed by atoms with van der Waals surface area (Å²) in [6, 6.07) is 6.09. The van der Waals surface area contributed by atoms with Gasteiger partial charge in [0.15, 0.2) is 0 Å². The molecule has 0 aliphatic rings. The average molecular weight is 221 g/mol. The number of benzene rings is 1. The largest absolute Gasteiger partial charge is 0.399 e. The molecule has 0 aromatic heterocycles. The third-order valence-corrected chi connectivity index (χ3v) is 2.75. The van der Waals surface area contributed by atoms with E-state index in [4.69, 9.17) is 5.73 Å². The molecule has 0 heterocycles. The zero-order valence-electron chi connectivity index (χ0n) is 10.6. The fourth-order valence-electron chi connectivity index (χ4n) is 1.81. The van der Waals surface area contributed by atoms with E-state index in [9.17, 15) is 0 Å². The van der Waals surface area contributed by atoms with E-state index in [0.717, 1.165) is 37.6 Å². The van der Waals surface area contributed by atoms with E-state index in [1.165, 1.54) is 5.56 Å². The van der Waals surface area contributed by atoms with E-state index in [1.54, 1.807) is 0 Å². The number of anilines is 2. The second-order valence-corrected chi connectivity index (χ2v) is 4.09. The second-order valence-electron chi connectivity index (χ2n) is 4.09. The highest BCUT2D eigenvalue weighted by atomic mass is 15.1. The Morgan fingerprint density at radius 2 is 1.88 bits per heavy atom. The van der Waals surface area contributed by atoms with Crippen molar-refractivity contribution in [3.8, 4) is 0 Å². The maximum atomic E-state index is 5.79. The number of nitrogen functional groups attached to an aromatic ring is 1. The van der Waals surface area contributed by atoms with E-state index in [1.807, 2.05) is 12.1 Å². The van der Waals surface area contributed by atoms with Crippen LogP contribution in [0.5, 0.6) is 0 Å². The molecule has 0 amide bonds. The number of nitrogens with zero attached hydrogens (tertiary/aromatic N) is 1. The van der Waals surface area contributed by atoms with Gasteiger partial charge in [0, 0.05) is 24.5 Å². The summed E-state index contributed by atoms with van der Waals surface area (Å²) in [7, 11) is 0. The minimum Gasteiger partial charge on any atom is -0.399 e. The van der Waals surface area contributed by atoms with Crippen LogP contribution in [0.3, 0.4) is 0 Å². The standard InChI is InChI=1S/C13H23N3/c1-4-16(5-2)7-6-15-13-9-11(3)8-12(14)10-13/h8-10,15H,4-7,14H2,1-3H3. The predicted molar refractivity (Wildman–Crippen MR) is 71.9 cm³/mol. The first-order valence-corrected chi connectivity index (χ1v) is 5.99. The van der Waals surface area contributed by atoms with Gasteiger partial charge < -0.3 is 16.0 Å². The first-order chi connectivity index (χ1) is 7.65. The van der Waals surface area contributed by atoms with Gasteiger partial charge in [-0.25, -0.2) is 0 Å².